The molecule has 1 aliphatic rings. The van der Waals surface area contributed by atoms with Crippen LogP contribution in [0.15, 0.2) is 48.5 Å². The van der Waals surface area contributed by atoms with Crippen LogP contribution in [-0.2, 0) is 16.1 Å². The molecule has 2 heterocycles. The van der Waals surface area contributed by atoms with Crippen molar-refractivity contribution in [1.29, 1.82) is 0 Å². The fraction of sp³-hybridized carbons (Fsp3) is 0.423. The Morgan fingerprint density at radius 1 is 1.09 bits per heavy atom. The first-order valence-corrected chi connectivity index (χ1v) is 11.5. The highest BCUT2D eigenvalue weighted by Crippen LogP contribution is 2.34. The summed E-state index contributed by atoms with van der Waals surface area (Å²) in [7, 11) is 1.62. The van der Waals surface area contributed by atoms with Gasteiger partial charge in [-0.15, -0.1) is 0 Å². The lowest BCUT2D eigenvalue weighted by atomic mass is 10.1. The van der Waals surface area contributed by atoms with Gasteiger partial charge in [0.15, 0.2) is 0 Å². The molecule has 7 nitrogen and oxygen atoms in total. The number of benzene rings is 2. The van der Waals surface area contributed by atoms with Gasteiger partial charge in [-0.25, -0.2) is 4.98 Å². The molecular formula is C26H32N4O3. The van der Waals surface area contributed by atoms with E-state index in [0.717, 1.165) is 28.3 Å². The number of fused-ring (bicyclic) bond motifs is 1. The first-order chi connectivity index (χ1) is 15.8. The van der Waals surface area contributed by atoms with Gasteiger partial charge in [-0.2, -0.15) is 0 Å². The van der Waals surface area contributed by atoms with E-state index in [4.69, 9.17) is 9.72 Å². The summed E-state index contributed by atoms with van der Waals surface area (Å²) in [4.78, 5) is 34.8. The number of methoxy groups -OCH3 is 1. The van der Waals surface area contributed by atoms with Crippen molar-refractivity contribution >= 4 is 28.5 Å². The second kappa shape index (κ2) is 9.25. The van der Waals surface area contributed by atoms with Crippen LogP contribution >= 0.6 is 0 Å². The molecule has 1 fully saturated rings. The van der Waals surface area contributed by atoms with Gasteiger partial charge < -0.3 is 19.1 Å². The number of carbonyl (C=O) groups excluding carboxylic acids is 2. The predicted molar refractivity (Wildman–Crippen MR) is 130 cm³/mol. The molecular weight excluding hydrogens is 416 g/mol. The topological polar surface area (TPSA) is 67.7 Å². The fourth-order valence-electron chi connectivity index (χ4n) is 4.85. The van der Waals surface area contributed by atoms with E-state index in [-0.39, 0.29) is 36.4 Å². The van der Waals surface area contributed by atoms with Crippen molar-refractivity contribution < 1.29 is 14.3 Å². The van der Waals surface area contributed by atoms with Crippen LogP contribution in [0, 0.1) is 0 Å². The summed E-state index contributed by atoms with van der Waals surface area (Å²) in [6.07, 6.45) is 0.363. The average molecular weight is 449 g/mol. The van der Waals surface area contributed by atoms with Gasteiger partial charge in [0.2, 0.25) is 11.8 Å². The Morgan fingerprint density at radius 2 is 1.76 bits per heavy atom. The van der Waals surface area contributed by atoms with Crippen LogP contribution < -0.4 is 9.64 Å². The molecule has 0 unspecified atom stereocenters. The molecule has 0 saturated carbocycles. The normalized spacial score (nSPS) is 16.3. The Kier molecular flexibility index (Phi) is 6.40. The number of hydrogen-bond acceptors (Lipinski definition) is 4. The average Bonchev–Trinajstić information content (AvgIpc) is 3.34. The molecule has 1 aliphatic heterocycles. The van der Waals surface area contributed by atoms with Crippen LogP contribution in [0.25, 0.3) is 11.0 Å². The number of anilines is 1. The van der Waals surface area contributed by atoms with Crippen LogP contribution in [0.1, 0.15) is 45.9 Å². The van der Waals surface area contributed by atoms with Gasteiger partial charge >= 0.3 is 0 Å². The Balaban J connectivity index is 1.66. The molecule has 4 rings (SSSR count). The van der Waals surface area contributed by atoms with Crippen molar-refractivity contribution in [2.45, 2.75) is 58.7 Å². The number of para-hydroxylation sites is 2. The summed E-state index contributed by atoms with van der Waals surface area (Å²) in [5, 5.41) is 0. The maximum atomic E-state index is 13.3. The van der Waals surface area contributed by atoms with Gasteiger partial charge in [0, 0.05) is 36.7 Å². The smallest absolute Gasteiger partial charge is 0.243 e. The molecule has 33 heavy (non-hydrogen) atoms. The van der Waals surface area contributed by atoms with Gasteiger partial charge in [0.1, 0.15) is 18.1 Å². The maximum absolute atomic E-state index is 13.3. The minimum absolute atomic E-state index is 0.0562. The molecule has 0 spiro atoms. The van der Waals surface area contributed by atoms with E-state index >= 15 is 0 Å². The molecule has 0 aliphatic carbocycles. The summed E-state index contributed by atoms with van der Waals surface area (Å²) in [6, 6.07) is 15.6. The molecule has 174 valence electrons. The molecule has 2 aromatic carbocycles. The second-order valence-electron chi connectivity index (χ2n) is 9.14. The third-order valence-corrected chi connectivity index (χ3v) is 6.25. The molecule has 1 aromatic heterocycles. The van der Waals surface area contributed by atoms with Crippen LogP contribution in [0.2, 0.25) is 0 Å². The van der Waals surface area contributed by atoms with Crippen LogP contribution in [0.3, 0.4) is 0 Å². The summed E-state index contributed by atoms with van der Waals surface area (Å²) in [5.74, 6) is 1.57. The van der Waals surface area contributed by atoms with Gasteiger partial charge in [0.25, 0.3) is 0 Å². The lowest BCUT2D eigenvalue weighted by Gasteiger charge is -2.31. The zero-order chi connectivity index (χ0) is 23.7. The lowest BCUT2D eigenvalue weighted by Crippen LogP contribution is -2.44. The van der Waals surface area contributed by atoms with Crippen LogP contribution in [0.4, 0.5) is 5.69 Å². The number of carbonyl (C=O) groups is 2. The van der Waals surface area contributed by atoms with E-state index in [2.05, 4.69) is 0 Å². The van der Waals surface area contributed by atoms with Crippen LogP contribution in [0.5, 0.6) is 5.75 Å². The van der Waals surface area contributed by atoms with E-state index in [1.165, 1.54) is 0 Å². The minimum atomic E-state index is -0.0913. The Hall–Kier alpha value is -3.35. The zero-order valence-electron chi connectivity index (χ0n) is 20.0. The molecule has 7 heteroatoms. The summed E-state index contributed by atoms with van der Waals surface area (Å²) in [6.45, 7) is 8.88. The number of imidazole rings is 1. The summed E-state index contributed by atoms with van der Waals surface area (Å²) < 4.78 is 7.24. The van der Waals surface area contributed by atoms with Gasteiger partial charge in [-0.1, -0.05) is 12.1 Å². The highest BCUT2D eigenvalue weighted by molar-refractivity contribution is 5.96. The molecule has 2 amide bonds. The number of ether oxygens (including phenoxy) is 1. The number of aromatic nitrogens is 2. The molecule has 1 saturated heterocycles. The third-order valence-electron chi connectivity index (χ3n) is 6.25. The number of amides is 2. The highest BCUT2D eigenvalue weighted by Gasteiger charge is 2.35. The van der Waals surface area contributed by atoms with Crippen molar-refractivity contribution in [2.24, 2.45) is 0 Å². The maximum Gasteiger partial charge on any atom is 0.243 e. The van der Waals surface area contributed by atoms with E-state index in [1.54, 1.807) is 12.0 Å². The van der Waals surface area contributed by atoms with Crippen molar-refractivity contribution in [3.8, 4) is 5.75 Å². The van der Waals surface area contributed by atoms with Crippen LogP contribution in [-0.4, -0.2) is 52.0 Å². The summed E-state index contributed by atoms with van der Waals surface area (Å²) in [5.41, 5.74) is 2.60. The van der Waals surface area contributed by atoms with Crippen molar-refractivity contribution in [3.05, 3.63) is 54.4 Å². The molecule has 1 atom stereocenters. The summed E-state index contributed by atoms with van der Waals surface area (Å²) >= 11 is 0. The first kappa shape index (κ1) is 22.8. The lowest BCUT2D eigenvalue weighted by molar-refractivity contribution is -0.135. The Labute approximate surface area is 195 Å². The largest absolute Gasteiger partial charge is 0.497 e. The standard InChI is InChI=1S/C26H32N4O3/c1-17(2)30(18(3)4)25(32)16-29-23-9-7-6-8-22(23)27-26(29)19-14-24(31)28(15-19)20-10-12-21(33-5)13-11-20/h6-13,17-19H,14-16H2,1-5H3/t19-/m0/s1. The molecule has 0 bridgehead atoms. The molecule has 3 aromatic rings. The SMILES string of the molecule is COc1ccc(N2C[C@@H](c3nc4ccccc4n3CC(=O)N(C(C)C)C(C)C)CC2=O)cc1. The zero-order valence-corrected chi connectivity index (χ0v) is 20.0. The van der Waals surface area contributed by atoms with Gasteiger partial charge in [-0.05, 0) is 64.1 Å². The van der Waals surface area contributed by atoms with Gasteiger partial charge in [0.05, 0.1) is 18.1 Å². The third kappa shape index (κ3) is 4.45. The Morgan fingerprint density at radius 3 is 2.39 bits per heavy atom. The number of nitrogens with zero attached hydrogens (tertiary/aromatic N) is 4. The monoisotopic (exact) mass is 448 g/mol. The quantitative estimate of drug-likeness (QED) is 0.543. The molecule has 0 N–H and O–H groups in total. The number of hydrogen-bond donors (Lipinski definition) is 0. The number of rotatable bonds is 7. The van der Waals surface area contributed by atoms with E-state index in [1.807, 2.05) is 85.7 Å². The Bertz CT molecular complexity index is 1140. The van der Waals surface area contributed by atoms with Crippen molar-refractivity contribution in [1.82, 2.24) is 14.5 Å². The van der Waals surface area contributed by atoms with E-state index in [9.17, 15) is 9.59 Å². The second-order valence-corrected chi connectivity index (χ2v) is 9.14. The first-order valence-electron chi connectivity index (χ1n) is 11.5. The van der Waals surface area contributed by atoms with Crippen molar-refractivity contribution in [2.75, 3.05) is 18.6 Å². The van der Waals surface area contributed by atoms with E-state index in [0.29, 0.717) is 13.0 Å². The highest BCUT2D eigenvalue weighted by atomic mass is 16.5. The van der Waals surface area contributed by atoms with E-state index < -0.39 is 0 Å². The van der Waals surface area contributed by atoms with Gasteiger partial charge in [-0.3, -0.25) is 9.59 Å². The minimum Gasteiger partial charge on any atom is -0.497 e. The predicted octanol–water partition coefficient (Wildman–Crippen LogP) is 4.21. The fourth-order valence-corrected chi connectivity index (χ4v) is 4.85. The molecule has 0 radical (unpaired) electrons. The van der Waals surface area contributed by atoms with Crippen molar-refractivity contribution in [3.63, 3.8) is 0 Å².